The van der Waals surface area contributed by atoms with E-state index in [0.29, 0.717) is 13.0 Å². The average Bonchev–Trinajstić information content (AvgIpc) is 2.39. The Hall–Kier alpha value is -0.950. The summed E-state index contributed by atoms with van der Waals surface area (Å²) in [6, 6.07) is -1.19. The van der Waals surface area contributed by atoms with Gasteiger partial charge in [0.05, 0.1) is 0 Å². The lowest BCUT2D eigenvalue weighted by Gasteiger charge is -2.26. The van der Waals surface area contributed by atoms with Crippen LogP contribution in [0, 0.1) is 0 Å². The van der Waals surface area contributed by atoms with Gasteiger partial charge >= 0.3 is 12.0 Å². The van der Waals surface area contributed by atoms with Gasteiger partial charge < -0.3 is 15.7 Å². The van der Waals surface area contributed by atoms with E-state index in [2.05, 4.69) is 15.5 Å². The molecule has 0 aliphatic carbocycles. The normalized spacial score (nSPS) is 17.7. The molecule has 2 amide bonds. The predicted octanol–water partition coefficient (Wildman–Crippen LogP) is 0.588. The van der Waals surface area contributed by atoms with E-state index in [1.54, 1.807) is 0 Å². The summed E-state index contributed by atoms with van der Waals surface area (Å²) >= 11 is 1.95. The molecule has 0 spiro atoms. The minimum atomic E-state index is -0.981. The number of hydrogen-bond donors (Lipinski definition) is 3. The molecule has 110 valence electrons. The lowest BCUT2D eigenvalue weighted by molar-refractivity contribution is -0.139. The Morgan fingerprint density at radius 1 is 1.37 bits per heavy atom. The number of rotatable bonds is 7. The molecule has 1 fully saturated rings. The van der Waals surface area contributed by atoms with Gasteiger partial charge in [0.25, 0.3) is 0 Å². The van der Waals surface area contributed by atoms with Gasteiger partial charge in [-0.25, -0.2) is 9.59 Å². The van der Waals surface area contributed by atoms with E-state index >= 15 is 0 Å². The van der Waals surface area contributed by atoms with Gasteiger partial charge in [-0.3, -0.25) is 4.90 Å². The van der Waals surface area contributed by atoms with Gasteiger partial charge in [-0.2, -0.15) is 11.8 Å². The van der Waals surface area contributed by atoms with Gasteiger partial charge in [-0.15, -0.1) is 0 Å². The van der Waals surface area contributed by atoms with Crippen LogP contribution in [0.2, 0.25) is 0 Å². The second kappa shape index (κ2) is 9.03. The zero-order valence-electron chi connectivity index (χ0n) is 11.4. The summed E-state index contributed by atoms with van der Waals surface area (Å²) in [5.74, 6) is 1.30. The fraction of sp³-hybridized carbons (Fsp3) is 0.833. The van der Waals surface area contributed by atoms with E-state index in [-0.39, 0.29) is 0 Å². The van der Waals surface area contributed by atoms with Crippen LogP contribution in [0.25, 0.3) is 0 Å². The number of carboxylic acids is 1. The minimum Gasteiger partial charge on any atom is -0.480 e. The van der Waals surface area contributed by atoms with Crippen LogP contribution in [0.3, 0.4) is 0 Å². The van der Waals surface area contributed by atoms with Crippen LogP contribution < -0.4 is 10.6 Å². The molecule has 19 heavy (non-hydrogen) atoms. The topological polar surface area (TPSA) is 81.7 Å². The van der Waals surface area contributed by atoms with Crippen molar-refractivity contribution in [3.05, 3.63) is 0 Å². The molecule has 0 aromatic carbocycles. The molecular formula is C12H23N3O3S. The molecule has 0 radical (unpaired) electrons. The van der Waals surface area contributed by atoms with Crippen molar-refractivity contribution in [2.75, 3.05) is 37.7 Å². The van der Waals surface area contributed by atoms with Crippen molar-refractivity contribution < 1.29 is 14.7 Å². The van der Waals surface area contributed by atoms with E-state index < -0.39 is 18.0 Å². The van der Waals surface area contributed by atoms with E-state index in [9.17, 15) is 9.59 Å². The third kappa shape index (κ3) is 6.68. The number of nitrogens with one attached hydrogen (secondary N) is 2. The first-order valence-electron chi connectivity index (χ1n) is 6.70. The molecule has 3 N–H and O–H groups in total. The molecule has 0 unspecified atom stereocenters. The molecule has 7 heteroatoms. The molecule has 1 atom stereocenters. The van der Waals surface area contributed by atoms with E-state index in [1.165, 1.54) is 0 Å². The Morgan fingerprint density at radius 3 is 2.63 bits per heavy atom. The Kier molecular flexibility index (Phi) is 7.66. The first-order valence-corrected chi connectivity index (χ1v) is 7.86. The van der Waals surface area contributed by atoms with Crippen LogP contribution in [0.5, 0.6) is 0 Å². The van der Waals surface area contributed by atoms with Gasteiger partial charge in [0.2, 0.25) is 0 Å². The number of thioether (sulfide) groups is 1. The lowest BCUT2D eigenvalue weighted by atomic mass is 10.2. The first kappa shape index (κ1) is 16.1. The highest BCUT2D eigenvalue weighted by atomic mass is 32.2. The monoisotopic (exact) mass is 289 g/mol. The molecule has 1 aliphatic rings. The quantitative estimate of drug-likeness (QED) is 0.639. The fourth-order valence-corrected chi connectivity index (χ4v) is 2.89. The Balaban J connectivity index is 2.17. The van der Waals surface area contributed by atoms with Gasteiger partial charge in [0, 0.05) is 37.7 Å². The zero-order chi connectivity index (χ0) is 14.1. The zero-order valence-corrected chi connectivity index (χ0v) is 12.2. The molecule has 1 rings (SSSR count). The molecule has 0 saturated carbocycles. The van der Waals surface area contributed by atoms with E-state index in [4.69, 9.17) is 5.11 Å². The standard InChI is InChI=1S/C12H23N3O3S/c1-2-3-10(11(16)17)14-12(18)13-4-5-15-6-8-19-9-7-15/h10H,2-9H2,1H3,(H,16,17)(H2,13,14,18)/t10-/m0/s1. The predicted molar refractivity (Wildman–Crippen MR) is 76.6 cm³/mol. The van der Waals surface area contributed by atoms with Crippen molar-refractivity contribution in [1.29, 1.82) is 0 Å². The van der Waals surface area contributed by atoms with Crippen molar-refractivity contribution in [3.8, 4) is 0 Å². The van der Waals surface area contributed by atoms with Crippen molar-refractivity contribution in [1.82, 2.24) is 15.5 Å². The summed E-state index contributed by atoms with van der Waals surface area (Å²) in [6.45, 7) is 5.38. The van der Waals surface area contributed by atoms with Crippen LogP contribution in [0.1, 0.15) is 19.8 Å². The van der Waals surface area contributed by atoms with E-state index in [1.807, 2.05) is 18.7 Å². The number of urea groups is 1. The summed E-state index contributed by atoms with van der Waals surface area (Å²) in [4.78, 5) is 24.8. The largest absolute Gasteiger partial charge is 0.480 e. The second-order valence-corrected chi connectivity index (χ2v) is 5.76. The summed E-state index contributed by atoms with van der Waals surface area (Å²) in [7, 11) is 0. The summed E-state index contributed by atoms with van der Waals surface area (Å²) in [5.41, 5.74) is 0. The molecule has 1 saturated heterocycles. The summed E-state index contributed by atoms with van der Waals surface area (Å²) in [5, 5.41) is 14.1. The second-order valence-electron chi connectivity index (χ2n) is 4.53. The third-order valence-electron chi connectivity index (χ3n) is 3.00. The maximum Gasteiger partial charge on any atom is 0.326 e. The highest BCUT2D eigenvalue weighted by molar-refractivity contribution is 7.99. The molecule has 6 nitrogen and oxygen atoms in total. The highest BCUT2D eigenvalue weighted by Gasteiger charge is 2.18. The number of carbonyl (C=O) groups excluding carboxylic acids is 1. The average molecular weight is 289 g/mol. The van der Waals surface area contributed by atoms with Crippen molar-refractivity contribution in [2.24, 2.45) is 0 Å². The smallest absolute Gasteiger partial charge is 0.326 e. The summed E-state index contributed by atoms with van der Waals surface area (Å²) < 4.78 is 0. The number of aliphatic carboxylic acids is 1. The first-order chi connectivity index (χ1) is 9.13. The van der Waals surface area contributed by atoms with Crippen molar-refractivity contribution >= 4 is 23.8 Å². The van der Waals surface area contributed by atoms with Gasteiger partial charge in [0.15, 0.2) is 0 Å². The van der Waals surface area contributed by atoms with Crippen molar-refractivity contribution in [2.45, 2.75) is 25.8 Å². The van der Waals surface area contributed by atoms with E-state index in [0.717, 1.165) is 37.6 Å². The van der Waals surface area contributed by atoms with Gasteiger partial charge in [0.1, 0.15) is 6.04 Å². The van der Waals surface area contributed by atoms with Crippen LogP contribution in [-0.2, 0) is 4.79 Å². The fourth-order valence-electron chi connectivity index (χ4n) is 1.91. The number of hydrogen-bond acceptors (Lipinski definition) is 4. The molecule has 0 aromatic heterocycles. The minimum absolute atomic E-state index is 0.396. The van der Waals surface area contributed by atoms with Crippen LogP contribution >= 0.6 is 11.8 Å². The maximum atomic E-state index is 11.6. The van der Waals surface area contributed by atoms with Crippen LogP contribution in [0.4, 0.5) is 4.79 Å². The van der Waals surface area contributed by atoms with Crippen LogP contribution in [0.15, 0.2) is 0 Å². The summed E-state index contributed by atoms with van der Waals surface area (Å²) in [6.07, 6.45) is 1.18. The van der Waals surface area contributed by atoms with Crippen molar-refractivity contribution in [3.63, 3.8) is 0 Å². The van der Waals surface area contributed by atoms with Gasteiger partial charge in [-0.05, 0) is 6.42 Å². The Labute approximate surface area is 118 Å². The van der Waals surface area contributed by atoms with Crippen LogP contribution in [-0.4, -0.2) is 65.7 Å². The SMILES string of the molecule is CCC[C@H](NC(=O)NCCN1CCSCC1)C(=O)O. The molecule has 0 bridgehead atoms. The Bertz CT molecular complexity index is 296. The molecular weight excluding hydrogens is 266 g/mol. The number of carboxylic acid groups (broad SMARTS) is 1. The highest BCUT2D eigenvalue weighted by Crippen LogP contribution is 2.07. The number of nitrogens with zero attached hydrogens (tertiary/aromatic N) is 1. The third-order valence-corrected chi connectivity index (χ3v) is 3.94. The number of amides is 2. The molecule has 1 aliphatic heterocycles. The molecule has 1 heterocycles. The lowest BCUT2D eigenvalue weighted by Crippen LogP contribution is -2.48. The maximum absolute atomic E-state index is 11.6. The molecule has 0 aromatic rings. The van der Waals surface area contributed by atoms with Gasteiger partial charge in [-0.1, -0.05) is 13.3 Å². The Morgan fingerprint density at radius 2 is 2.05 bits per heavy atom. The number of carbonyl (C=O) groups is 2.